The number of hydrogen-bond donors (Lipinski definition) is 0. The van der Waals surface area contributed by atoms with Crippen molar-refractivity contribution in [1.29, 1.82) is 0 Å². The van der Waals surface area contributed by atoms with E-state index in [0.29, 0.717) is 59.1 Å². The molecule has 5 aliphatic rings. The molecule has 3 aromatic heterocycles. The first-order valence-electron chi connectivity index (χ1n) is 17.5. The van der Waals surface area contributed by atoms with Crippen molar-refractivity contribution >= 4 is 17.5 Å². The number of piperazine rings is 1. The number of carbonyl (C=O) groups is 2. The molecule has 1 saturated heterocycles. The lowest BCUT2D eigenvalue weighted by atomic mass is 9.52. The summed E-state index contributed by atoms with van der Waals surface area (Å²) in [5, 5.41) is 0. The highest BCUT2D eigenvalue weighted by Crippen LogP contribution is 2.65. The van der Waals surface area contributed by atoms with Crippen molar-refractivity contribution in [2.75, 3.05) is 37.6 Å². The maximum atomic E-state index is 14.2. The van der Waals surface area contributed by atoms with Gasteiger partial charge < -0.3 is 4.90 Å². The maximum Gasteiger partial charge on any atom is 0.229 e. The number of fused-ring (bicyclic) bond motifs is 5. The summed E-state index contributed by atoms with van der Waals surface area (Å²) in [7, 11) is 0. The fourth-order valence-electron chi connectivity index (χ4n) is 9.73. The lowest BCUT2D eigenvalue weighted by Gasteiger charge is -2.52. The predicted molar refractivity (Wildman–Crippen MR) is 185 cm³/mol. The Balaban J connectivity index is 0.971. The highest BCUT2D eigenvalue weighted by molar-refractivity contribution is 6.01. The molecule has 9 heteroatoms. The molecule has 0 radical (unpaired) electrons. The molecule has 0 bridgehead atoms. The molecular weight excluding hydrogens is 598 g/mol. The van der Waals surface area contributed by atoms with Gasteiger partial charge in [0, 0.05) is 49.9 Å². The number of anilines is 1. The van der Waals surface area contributed by atoms with Crippen molar-refractivity contribution in [3.05, 3.63) is 84.2 Å². The highest BCUT2D eigenvalue weighted by atomic mass is 16.1. The lowest BCUT2D eigenvalue weighted by molar-refractivity contribution is -0.129. The van der Waals surface area contributed by atoms with Crippen LogP contribution in [0.1, 0.15) is 46.5 Å². The van der Waals surface area contributed by atoms with Gasteiger partial charge in [0.1, 0.15) is 11.4 Å². The van der Waals surface area contributed by atoms with Crippen molar-refractivity contribution in [3.8, 4) is 23.0 Å². The zero-order valence-corrected chi connectivity index (χ0v) is 28.0. The number of aromatic nitrogens is 5. The van der Waals surface area contributed by atoms with E-state index in [1.165, 1.54) is 11.1 Å². The molecule has 4 heterocycles. The van der Waals surface area contributed by atoms with Gasteiger partial charge in [0.15, 0.2) is 23.2 Å². The van der Waals surface area contributed by atoms with Crippen LogP contribution in [0.25, 0.3) is 23.0 Å². The number of hydrogen-bond acceptors (Lipinski definition) is 9. The molecule has 0 spiro atoms. The number of ketones is 2. The zero-order chi connectivity index (χ0) is 33.0. The Hall–Kier alpha value is -4.37. The molecule has 6 atom stereocenters. The molecule has 8 rings (SSSR count). The Morgan fingerprint density at radius 3 is 2.27 bits per heavy atom. The molecule has 0 aromatic carbocycles. The molecule has 4 aliphatic carbocycles. The van der Waals surface area contributed by atoms with Gasteiger partial charge in [0.25, 0.3) is 0 Å². The van der Waals surface area contributed by atoms with Crippen LogP contribution < -0.4 is 4.90 Å². The van der Waals surface area contributed by atoms with Gasteiger partial charge in [-0.3, -0.25) is 24.5 Å². The molecule has 1 unspecified atom stereocenters. The first-order valence-corrected chi connectivity index (χ1v) is 17.5. The second-order valence-electron chi connectivity index (χ2n) is 14.9. The van der Waals surface area contributed by atoms with Crippen LogP contribution in [0.4, 0.5) is 5.95 Å². The van der Waals surface area contributed by atoms with Crippen LogP contribution in [0.3, 0.4) is 0 Å². The minimum absolute atomic E-state index is 0.0348. The molecule has 1 aliphatic heterocycles. The Morgan fingerprint density at radius 1 is 0.938 bits per heavy atom. The monoisotopic (exact) mass is 641 g/mol. The van der Waals surface area contributed by atoms with Crippen molar-refractivity contribution < 1.29 is 9.59 Å². The Morgan fingerprint density at radius 2 is 1.62 bits per heavy atom. The van der Waals surface area contributed by atoms with Crippen LogP contribution in [0.2, 0.25) is 0 Å². The molecule has 2 saturated carbocycles. The van der Waals surface area contributed by atoms with E-state index in [0.717, 1.165) is 51.9 Å². The summed E-state index contributed by atoms with van der Waals surface area (Å²) in [5.74, 6) is 3.53. The standard InChI is InChI=1S/C39H43N7O2/c1-25-22-30-28-11-10-26-23-27(47)12-14-38(26,2)29(28)13-15-39(30,3)34(25)33(48)24-45-18-20-46(21-19-45)37-43-35(31-8-4-6-16-40-31)42-36(44-37)32-9-5-7-17-41-32/h4-9,12-14,16-17,23,25,28,30,34H,10-11,15,18-22,24H2,1-3H3/t25?,28-,30+,34-,38+,39+/m1/s1. The molecule has 0 N–H and O–H groups in total. The molecule has 3 fully saturated rings. The minimum Gasteiger partial charge on any atom is -0.338 e. The third-order valence-electron chi connectivity index (χ3n) is 12.1. The summed E-state index contributed by atoms with van der Waals surface area (Å²) < 4.78 is 0. The van der Waals surface area contributed by atoms with Crippen LogP contribution in [0.5, 0.6) is 0 Å². The first-order chi connectivity index (χ1) is 23.2. The van der Waals surface area contributed by atoms with E-state index in [1.807, 2.05) is 42.5 Å². The second kappa shape index (κ2) is 11.9. The number of pyridine rings is 2. The third-order valence-corrected chi connectivity index (χ3v) is 12.1. The molecule has 246 valence electrons. The van der Waals surface area contributed by atoms with Gasteiger partial charge in [-0.1, -0.05) is 49.3 Å². The summed E-state index contributed by atoms with van der Waals surface area (Å²) in [6.07, 6.45) is 15.8. The molecule has 3 aromatic rings. The van der Waals surface area contributed by atoms with E-state index in [2.05, 4.69) is 52.7 Å². The average Bonchev–Trinajstić information content (AvgIpc) is 3.39. The smallest absolute Gasteiger partial charge is 0.229 e. The van der Waals surface area contributed by atoms with Gasteiger partial charge in [-0.05, 0) is 92.2 Å². The minimum atomic E-state index is -0.154. The van der Waals surface area contributed by atoms with E-state index in [9.17, 15) is 9.59 Å². The number of nitrogens with zero attached hydrogens (tertiary/aromatic N) is 7. The van der Waals surface area contributed by atoms with Crippen LogP contribution >= 0.6 is 0 Å². The number of Topliss-reactive ketones (excluding diaryl/α,β-unsaturated/α-hetero) is 1. The lowest BCUT2D eigenvalue weighted by Crippen LogP contribution is -2.51. The maximum absolute atomic E-state index is 14.2. The Kier molecular flexibility index (Phi) is 7.70. The molecule has 48 heavy (non-hydrogen) atoms. The summed E-state index contributed by atoms with van der Waals surface area (Å²) in [6.45, 7) is 10.4. The average molecular weight is 642 g/mol. The van der Waals surface area contributed by atoms with Crippen LogP contribution in [0.15, 0.2) is 84.2 Å². The third kappa shape index (κ3) is 5.23. The predicted octanol–water partition coefficient (Wildman–Crippen LogP) is 5.78. The molecular formula is C39H43N7O2. The Labute approximate surface area is 282 Å². The number of rotatable bonds is 6. The van der Waals surface area contributed by atoms with Crippen LogP contribution in [-0.4, -0.2) is 74.1 Å². The largest absolute Gasteiger partial charge is 0.338 e. The highest BCUT2D eigenvalue weighted by Gasteiger charge is 2.59. The fraction of sp³-hybridized carbons (Fsp3) is 0.462. The van der Waals surface area contributed by atoms with Gasteiger partial charge in [-0.15, -0.1) is 0 Å². The normalized spacial score (nSPS) is 31.4. The SMILES string of the molecule is CC1C[C@H]2[C@@H]3CCC4=CC(=O)C=C[C@]4(C)C3=CC[C@]2(C)[C@H]1C(=O)CN1CCN(c2nc(-c3ccccn3)nc(-c3ccccn3)n2)CC1. The van der Waals surface area contributed by atoms with Crippen molar-refractivity contribution in [1.82, 2.24) is 29.8 Å². The quantitative estimate of drug-likeness (QED) is 0.310. The van der Waals surface area contributed by atoms with Gasteiger partial charge in [-0.2, -0.15) is 9.97 Å². The van der Waals surface area contributed by atoms with Gasteiger partial charge in [-0.25, -0.2) is 4.98 Å². The van der Waals surface area contributed by atoms with Crippen molar-refractivity contribution in [3.63, 3.8) is 0 Å². The zero-order valence-electron chi connectivity index (χ0n) is 28.0. The van der Waals surface area contributed by atoms with E-state index < -0.39 is 0 Å². The summed E-state index contributed by atoms with van der Waals surface area (Å²) >= 11 is 0. The summed E-state index contributed by atoms with van der Waals surface area (Å²) in [4.78, 5) is 54.2. The van der Waals surface area contributed by atoms with Gasteiger partial charge >= 0.3 is 0 Å². The van der Waals surface area contributed by atoms with Gasteiger partial charge in [0.2, 0.25) is 5.95 Å². The number of carbonyl (C=O) groups excluding carboxylic acids is 2. The molecule has 0 amide bonds. The van der Waals surface area contributed by atoms with E-state index >= 15 is 0 Å². The topological polar surface area (TPSA) is 105 Å². The van der Waals surface area contributed by atoms with E-state index in [-0.39, 0.29) is 22.5 Å². The first kappa shape index (κ1) is 30.9. The van der Waals surface area contributed by atoms with Crippen molar-refractivity contribution in [2.45, 2.75) is 46.5 Å². The fourth-order valence-corrected chi connectivity index (χ4v) is 9.73. The van der Waals surface area contributed by atoms with E-state index in [4.69, 9.17) is 15.0 Å². The van der Waals surface area contributed by atoms with E-state index in [1.54, 1.807) is 18.5 Å². The van der Waals surface area contributed by atoms with Crippen LogP contribution in [-0.2, 0) is 9.59 Å². The van der Waals surface area contributed by atoms with Crippen molar-refractivity contribution in [2.24, 2.45) is 34.5 Å². The summed E-state index contributed by atoms with van der Waals surface area (Å²) in [5.41, 5.74) is 3.93. The Bertz CT molecular complexity index is 1770. The second-order valence-corrected chi connectivity index (χ2v) is 14.9. The summed E-state index contributed by atoms with van der Waals surface area (Å²) in [6, 6.07) is 11.4. The molecule has 9 nitrogen and oxygen atoms in total. The number of allylic oxidation sites excluding steroid dienone is 6. The van der Waals surface area contributed by atoms with Crippen LogP contribution in [0, 0.1) is 34.5 Å². The van der Waals surface area contributed by atoms with Gasteiger partial charge in [0.05, 0.1) is 6.54 Å².